The Balaban J connectivity index is 1.26. The van der Waals surface area contributed by atoms with E-state index in [1.165, 1.54) is 12.4 Å². The molecule has 1 amide bonds. The van der Waals surface area contributed by atoms with Gasteiger partial charge in [-0.25, -0.2) is 9.97 Å². The summed E-state index contributed by atoms with van der Waals surface area (Å²) in [5, 5.41) is 2.86. The minimum absolute atomic E-state index is 0.0492. The van der Waals surface area contributed by atoms with Crippen LogP contribution in [0.3, 0.4) is 0 Å². The lowest BCUT2D eigenvalue weighted by Crippen LogP contribution is -2.49. The van der Waals surface area contributed by atoms with E-state index in [1.54, 1.807) is 29.2 Å². The van der Waals surface area contributed by atoms with Crippen LogP contribution < -0.4 is 14.9 Å². The topological polar surface area (TPSA) is 73.4 Å². The van der Waals surface area contributed by atoms with Gasteiger partial charge in [-0.3, -0.25) is 10.1 Å². The predicted molar refractivity (Wildman–Crippen MR) is 136 cm³/mol. The number of hydrogen-bond donors (Lipinski definition) is 2. The zero-order valence-electron chi connectivity index (χ0n) is 19.9. The minimum Gasteiger partial charge on any atom is -0.352 e. The molecule has 38 heavy (non-hydrogen) atoms. The van der Waals surface area contributed by atoms with Crippen molar-refractivity contribution in [3.8, 4) is 0 Å². The van der Waals surface area contributed by atoms with E-state index in [1.807, 2.05) is 4.90 Å². The molecule has 206 valence electrons. The highest BCUT2D eigenvalue weighted by molar-refractivity contribution is 8.00. The molecular weight excluding hydrogens is 554 g/mol. The number of rotatable bonds is 9. The van der Waals surface area contributed by atoms with Crippen molar-refractivity contribution in [1.29, 1.82) is 0 Å². The molecule has 0 radical (unpaired) electrons. The number of aromatic nitrogens is 2. The van der Waals surface area contributed by atoms with Gasteiger partial charge in [-0.05, 0) is 35.7 Å². The van der Waals surface area contributed by atoms with Crippen LogP contribution in [0.4, 0.5) is 37.8 Å². The first-order chi connectivity index (χ1) is 18.0. The molecule has 1 saturated heterocycles. The van der Waals surface area contributed by atoms with E-state index >= 15 is 0 Å². The summed E-state index contributed by atoms with van der Waals surface area (Å²) in [7, 11) is 0. The number of halogens is 6. The number of nitrogens with zero attached hydrogens (tertiary/aromatic N) is 4. The molecule has 15 heteroatoms. The van der Waals surface area contributed by atoms with Crippen molar-refractivity contribution >= 4 is 50.9 Å². The first kappa shape index (κ1) is 28.2. The normalized spacial score (nSPS) is 14.8. The molecule has 1 aliphatic heterocycles. The fourth-order valence-corrected chi connectivity index (χ4v) is 5.54. The highest BCUT2D eigenvalue weighted by atomic mass is 32.2. The van der Waals surface area contributed by atoms with Crippen LogP contribution in [0.5, 0.6) is 0 Å². The van der Waals surface area contributed by atoms with Gasteiger partial charge in [-0.2, -0.15) is 26.3 Å². The fraction of sp³-hybridized carbons (Fsp3) is 0.435. The van der Waals surface area contributed by atoms with Crippen molar-refractivity contribution in [2.45, 2.75) is 25.2 Å². The van der Waals surface area contributed by atoms with Crippen molar-refractivity contribution in [3.63, 3.8) is 0 Å². The van der Waals surface area contributed by atoms with Gasteiger partial charge in [-0.15, -0.1) is 11.3 Å². The summed E-state index contributed by atoms with van der Waals surface area (Å²) in [6.07, 6.45) is -8.02. The van der Waals surface area contributed by atoms with Gasteiger partial charge in [0, 0.05) is 36.7 Å². The lowest BCUT2D eigenvalue weighted by atomic mass is 10.1. The Labute approximate surface area is 222 Å². The van der Waals surface area contributed by atoms with Crippen LogP contribution in [-0.2, 0) is 17.6 Å². The number of hydrogen-bond acceptors (Lipinski definition) is 8. The van der Waals surface area contributed by atoms with Crippen LogP contribution in [-0.4, -0.2) is 71.7 Å². The molecule has 0 unspecified atom stereocenters. The maximum atomic E-state index is 12.8. The van der Waals surface area contributed by atoms with E-state index in [-0.39, 0.29) is 23.1 Å². The maximum Gasteiger partial charge on any atom is 0.401 e. The van der Waals surface area contributed by atoms with Crippen molar-refractivity contribution in [2.75, 3.05) is 48.2 Å². The Bertz CT molecular complexity index is 1230. The lowest BCUT2D eigenvalue weighted by Gasteiger charge is -2.35. The molecule has 3 heterocycles. The Morgan fingerprint density at radius 1 is 1.00 bits per heavy atom. The Kier molecular flexibility index (Phi) is 8.88. The zero-order valence-corrected chi connectivity index (χ0v) is 21.5. The number of amides is 1. The molecule has 1 fully saturated rings. The smallest absolute Gasteiger partial charge is 0.352 e. The van der Waals surface area contributed by atoms with Gasteiger partial charge in [0.25, 0.3) is 0 Å². The molecule has 0 spiro atoms. The van der Waals surface area contributed by atoms with Crippen LogP contribution in [0, 0.1) is 0 Å². The maximum absolute atomic E-state index is 12.8. The van der Waals surface area contributed by atoms with Gasteiger partial charge in [0.2, 0.25) is 5.91 Å². The summed E-state index contributed by atoms with van der Waals surface area (Å²) in [6.45, 7) is 0.822. The number of carbonyl (C=O) groups is 1. The van der Waals surface area contributed by atoms with E-state index in [0.717, 1.165) is 28.8 Å². The minimum atomic E-state index is -4.30. The SMILES string of the molecule is O=C(Cc1ccc(NSCNCC(F)(F)F)cc1)N1CCN(c2ncnc3sc(CC(F)(F)F)cc23)CC1. The van der Waals surface area contributed by atoms with E-state index in [9.17, 15) is 31.1 Å². The third kappa shape index (κ3) is 8.11. The summed E-state index contributed by atoms with van der Waals surface area (Å²) < 4.78 is 77.8. The number of piperazine rings is 1. The first-order valence-corrected chi connectivity index (χ1v) is 13.3. The number of anilines is 2. The summed E-state index contributed by atoms with van der Waals surface area (Å²) in [5.41, 5.74) is 1.51. The molecule has 0 aliphatic carbocycles. The van der Waals surface area contributed by atoms with Crippen LogP contribution >= 0.6 is 23.3 Å². The summed E-state index contributed by atoms with van der Waals surface area (Å²) >= 11 is 2.10. The average Bonchev–Trinajstić information content (AvgIpc) is 3.25. The monoisotopic (exact) mass is 578 g/mol. The number of alkyl halides is 6. The zero-order chi connectivity index (χ0) is 27.3. The van der Waals surface area contributed by atoms with Crippen LogP contribution in [0.2, 0.25) is 0 Å². The van der Waals surface area contributed by atoms with Gasteiger partial charge >= 0.3 is 12.4 Å². The predicted octanol–water partition coefficient (Wildman–Crippen LogP) is 4.86. The highest BCUT2D eigenvalue weighted by Crippen LogP contribution is 2.34. The molecule has 3 aromatic rings. The van der Waals surface area contributed by atoms with Crippen LogP contribution in [0.15, 0.2) is 36.7 Å². The molecular formula is C23H24F6N6OS2. The fourth-order valence-electron chi connectivity index (χ4n) is 3.94. The number of thiophene rings is 1. The third-order valence-corrected chi connectivity index (χ3v) is 7.44. The van der Waals surface area contributed by atoms with Crippen LogP contribution in [0.1, 0.15) is 10.4 Å². The molecule has 1 aromatic carbocycles. The standard InChI is InChI=1S/C23H24F6N6OS2/c24-22(25,26)11-17-10-18-20(31-13-32-21(18)38-17)35-7-5-34(6-8-35)19(36)9-15-1-3-16(4-2-15)33-37-14-30-12-23(27,28)29/h1-4,10,13,30,33H,5-9,11-12,14H2. The van der Waals surface area contributed by atoms with Crippen molar-refractivity contribution in [3.05, 3.63) is 47.1 Å². The summed E-state index contributed by atoms with van der Waals surface area (Å²) in [4.78, 5) is 25.6. The van der Waals surface area contributed by atoms with Crippen molar-refractivity contribution in [1.82, 2.24) is 20.2 Å². The first-order valence-electron chi connectivity index (χ1n) is 11.5. The van der Waals surface area contributed by atoms with E-state index in [4.69, 9.17) is 0 Å². The van der Waals surface area contributed by atoms with E-state index in [2.05, 4.69) is 20.0 Å². The van der Waals surface area contributed by atoms with Crippen LogP contribution in [0.25, 0.3) is 10.2 Å². The van der Waals surface area contributed by atoms with Gasteiger partial charge in [0.05, 0.1) is 30.6 Å². The number of carbonyl (C=O) groups excluding carboxylic acids is 1. The molecule has 0 atom stereocenters. The van der Waals surface area contributed by atoms with Gasteiger partial charge in [0.15, 0.2) is 0 Å². The quantitative estimate of drug-likeness (QED) is 0.163. The van der Waals surface area contributed by atoms with Crippen molar-refractivity contribution in [2.24, 2.45) is 0 Å². The summed E-state index contributed by atoms with van der Waals surface area (Å²) in [5.74, 6) is 0.598. The molecule has 1 aliphatic rings. The molecule has 2 aromatic heterocycles. The average molecular weight is 579 g/mol. The summed E-state index contributed by atoms with van der Waals surface area (Å²) in [6, 6.07) is 8.58. The Morgan fingerprint density at radius 3 is 2.37 bits per heavy atom. The largest absolute Gasteiger partial charge is 0.401 e. The number of nitrogens with one attached hydrogen (secondary N) is 2. The van der Waals surface area contributed by atoms with E-state index < -0.39 is 25.3 Å². The van der Waals surface area contributed by atoms with Gasteiger partial charge in [-0.1, -0.05) is 12.1 Å². The Hall–Kier alpha value is -2.78. The van der Waals surface area contributed by atoms with Gasteiger partial charge < -0.3 is 14.5 Å². The highest BCUT2D eigenvalue weighted by Gasteiger charge is 2.30. The number of fused-ring (bicyclic) bond motifs is 1. The second-order valence-corrected chi connectivity index (χ2v) is 10.5. The van der Waals surface area contributed by atoms with Gasteiger partial charge in [0.1, 0.15) is 17.0 Å². The second kappa shape index (κ2) is 11.9. The third-order valence-electron chi connectivity index (χ3n) is 5.66. The molecule has 4 rings (SSSR count). The van der Waals surface area contributed by atoms with E-state index in [0.29, 0.717) is 47.9 Å². The van der Waals surface area contributed by atoms with Crippen molar-refractivity contribution < 1.29 is 31.1 Å². The molecule has 7 nitrogen and oxygen atoms in total. The molecule has 2 N–H and O–H groups in total. The lowest BCUT2D eigenvalue weighted by molar-refractivity contribution is -0.131. The Morgan fingerprint density at radius 2 is 1.71 bits per heavy atom. The number of benzene rings is 1. The molecule has 0 bridgehead atoms. The molecule has 0 saturated carbocycles. The second-order valence-electron chi connectivity index (χ2n) is 8.59.